The molecule has 0 atom stereocenters. The molecule has 0 radical (unpaired) electrons. The molecule has 1 saturated heterocycles. The van der Waals surface area contributed by atoms with Crippen molar-refractivity contribution in [3.8, 4) is 0 Å². The molecule has 1 heterocycles. The maximum Gasteiger partial charge on any atom is 0.241 e. The van der Waals surface area contributed by atoms with Crippen molar-refractivity contribution >= 4 is 5.91 Å². The summed E-state index contributed by atoms with van der Waals surface area (Å²) in [7, 11) is 0. The van der Waals surface area contributed by atoms with Crippen molar-refractivity contribution in [2.75, 3.05) is 19.6 Å². The number of hydrogen-bond acceptors (Lipinski definition) is 3. The third kappa shape index (κ3) is 2.59. The molecule has 0 aromatic heterocycles. The van der Waals surface area contributed by atoms with E-state index in [1.54, 1.807) is 0 Å². The fourth-order valence-corrected chi connectivity index (χ4v) is 2.91. The van der Waals surface area contributed by atoms with Crippen LogP contribution >= 0.6 is 0 Å². The highest BCUT2D eigenvalue weighted by Crippen LogP contribution is 2.33. The monoisotopic (exact) mass is 250 g/mol. The van der Waals surface area contributed by atoms with Crippen LogP contribution < -0.4 is 0 Å². The number of carbonyl (C=O) groups excluding carboxylic acids is 1. The quantitative estimate of drug-likeness (QED) is 0.813. The number of amides is 1. The number of rotatable bonds is 4. The van der Waals surface area contributed by atoms with Gasteiger partial charge in [-0.15, -0.1) is 0 Å². The zero-order valence-electron chi connectivity index (χ0n) is 10.8. The van der Waals surface area contributed by atoms with Crippen molar-refractivity contribution in [2.45, 2.75) is 50.7 Å². The molecule has 0 unspecified atom stereocenters. The van der Waals surface area contributed by atoms with Crippen molar-refractivity contribution < 1.29 is 9.90 Å². The predicted molar refractivity (Wildman–Crippen MR) is 68.9 cm³/mol. The molecule has 18 heavy (non-hydrogen) atoms. The van der Waals surface area contributed by atoms with E-state index in [9.17, 15) is 9.90 Å². The summed E-state index contributed by atoms with van der Waals surface area (Å²) >= 11 is 0. The number of aliphatic hydroxyl groups is 1. The first-order valence-corrected chi connectivity index (χ1v) is 7.15. The smallest absolute Gasteiger partial charge is 0.241 e. The Balaban J connectivity index is 1.62. The normalized spacial score (nSPS) is 25.5. The summed E-state index contributed by atoms with van der Waals surface area (Å²) in [5.74, 6) is 0.234. The van der Waals surface area contributed by atoms with Gasteiger partial charge in [-0.25, -0.2) is 0 Å². The summed E-state index contributed by atoms with van der Waals surface area (Å²) in [5.41, 5.74) is 1.26. The van der Waals surface area contributed by atoms with E-state index in [1.807, 2.05) is 4.90 Å². The van der Waals surface area contributed by atoms with Crippen molar-refractivity contribution in [2.24, 2.45) is 0 Å². The molecular weight excluding hydrogens is 228 g/mol. The van der Waals surface area contributed by atoms with Crippen LogP contribution in [0.5, 0.6) is 0 Å². The fraction of sp³-hybridized carbons (Fsp3) is 0.786. The van der Waals surface area contributed by atoms with Crippen LogP contribution in [0.15, 0.2) is 11.8 Å². The van der Waals surface area contributed by atoms with Crippen molar-refractivity contribution in [3.63, 3.8) is 0 Å². The Morgan fingerprint density at radius 1 is 1.39 bits per heavy atom. The maximum absolute atomic E-state index is 12.4. The Hall–Kier alpha value is -0.870. The van der Waals surface area contributed by atoms with Crippen LogP contribution in [0.25, 0.3) is 0 Å². The topological polar surface area (TPSA) is 43.8 Å². The highest BCUT2D eigenvalue weighted by Gasteiger charge is 2.36. The van der Waals surface area contributed by atoms with Crippen LogP contribution in [-0.2, 0) is 4.79 Å². The van der Waals surface area contributed by atoms with Crippen LogP contribution in [0.2, 0.25) is 0 Å². The first-order valence-electron chi connectivity index (χ1n) is 7.15. The number of hydrogen-bond donors (Lipinski definition) is 1. The highest BCUT2D eigenvalue weighted by molar-refractivity contribution is 5.81. The summed E-state index contributed by atoms with van der Waals surface area (Å²) < 4.78 is 0. The second-order valence-corrected chi connectivity index (χ2v) is 5.78. The molecule has 1 N–H and O–H groups in total. The number of nitrogens with zero attached hydrogens (tertiary/aromatic N) is 2. The molecule has 2 fully saturated rings. The summed E-state index contributed by atoms with van der Waals surface area (Å²) in [6, 6.07) is 0.466. The second-order valence-electron chi connectivity index (χ2n) is 5.78. The number of carbonyl (C=O) groups is 1. The van der Waals surface area contributed by atoms with Crippen LogP contribution in [0.4, 0.5) is 0 Å². The molecule has 3 rings (SSSR count). The molecule has 1 aliphatic heterocycles. The molecule has 0 aromatic carbocycles. The van der Waals surface area contributed by atoms with Crippen molar-refractivity contribution in [1.82, 2.24) is 9.80 Å². The fourth-order valence-electron chi connectivity index (χ4n) is 2.91. The molecule has 0 spiro atoms. The molecule has 2 aliphatic carbocycles. The Bertz CT molecular complexity index is 357. The Morgan fingerprint density at radius 2 is 2.17 bits per heavy atom. The van der Waals surface area contributed by atoms with E-state index in [0.717, 1.165) is 25.7 Å². The first kappa shape index (κ1) is 12.2. The minimum absolute atomic E-state index is 0.221. The second kappa shape index (κ2) is 5.02. The van der Waals surface area contributed by atoms with Gasteiger partial charge in [0.2, 0.25) is 5.91 Å². The van der Waals surface area contributed by atoms with E-state index in [4.69, 9.17) is 0 Å². The SMILES string of the molecule is O=C(CN1CC(O)C1)N(C1=CCCCC1)C1CC1. The van der Waals surface area contributed by atoms with Crippen LogP contribution in [0.3, 0.4) is 0 Å². The molecule has 4 heteroatoms. The highest BCUT2D eigenvalue weighted by atomic mass is 16.3. The molecule has 0 bridgehead atoms. The Morgan fingerprint density at radius 3 is 2.72 bits per heavy atom. The van der Waals surface area contributed by atoms with Gasteiger partial charge in [-0.3, -0.25) is 9.69 Å². The molecule has 3 aliphatic rings. The third-order valence-corrected chi connectivity index (χ3v) is 4.05. The number of allylic oxidation sites excluding steroid dienone is 2. The van der Waals surface area contributed by atoms with Gasteiger partial charge in [-0.05, 0) is 38.5 Å². The van der Waals surface area contributed by atoms with Gasteiger partial charge in [0.05, 0.1) is 12.6 Å². The Labute approximate surface area is 108 Å². The minimum Gasteiger partial charge on any atom is -0.390 e. The van der Waals surface area contributed by atoms with E-state index >= 15 is 0 Å². The Kier molecular flexibility index (Phi) is 3.39. The van der Waals surface area contributed by atoms with Gasteiger partial charge in [-0.2, -0.15) is 0 Å². The van der Waals surface area contributed by atoms with Gasteiger partial charge in [-0.1, -0.05) is 6.08 Å². The lowest BCUT2D eigenvalue weighted by Gasteiger charge is -2.37. The molecule has 1 amide bonds. The summed E-state index contributed by atoms with van der Waals surface area (Å²) in [6.45, 7) is 1.79. The molecule has 4 nitrogen and oxygen atoms in total. The van der Waals surface area contributed by atoms with E-state index < -0.39 is 0 Å². The molecular formula is C14H22N2O2. The van der Waals surface area contributed by atoms with Gasteiger partial charge in [0.15, 0.2) is 0 Å². The standard InChI is InChI=1S/C14H22N2O2/c17-13-8-15(9-13)10-14(18)16(12-6-7-12)11-4-2-1-3-5-11/h4,12-13,17H,1-3,5-10H2. The van der Waals surface area contributed by atoms with Crippen LogP contribution in [0, 0.1) is 0 Å². The third-order valence-electron chi connectivity index (χ3n) is 4.05. The predicted octanol–water partition coefficient (Wildman–Crippen LogP) is 1.11. The summed E-state index contributed by atoms with van der Waals surface area (Å²) in [4.78, 5) is 16.5. The van der Waals surface area contributed by atoms with E-state index in [2.05, 4.69) is 11.0 Å². The van der Waals surface area contributed by atoms with Gasteiger partial charge >= 0.3 is 0 Å². The largest absolute Gasteiger partial charge is 0.390 e. The number of aliphatic hydroxyl groups excluding tert-OH is 1. The summed E-state index contributed by atoms with van der Waals surface area (Å²) in [6.07, 6.45) is 9.00. The van der Waals surface area contributed by atoms with Crippen molar-refractivity contribution in [1.29, 1.82) is 0 Å². The zero-order valence-corrected chi connectivity index (χ0v) is 10.8. The lowest BCUT2D eigenvalue weighted by Crippen LogP contribution is -2.54. The zero-order chi connectivity index (χ0) is 12.5. The molecule has 0 aromatic rings. The first-order chi connectivity index (χ1) is 8.74. The number of β-amino-alcohol motifs (C(OH)–C–C–N with tert-alkyl or cyclic N) is 1. The summed E-state index contributed by atoms with van der Waals surface area (Å²) in [5, 5.41) is 9.26. The molecule has 1 saturated carbocycles. The maximum atomic E-state index is 12.4. The van der Waals surface area contributed by atoms with Gasteiger partial charge in [0.25, 0.3) is 0 Å². The lowest BCUT2D eigenvalue weighted by atomic mass is 10.0. The average molecular weight is 250 g/mol. The minimum atomic E-state index is -0.221. The van der Waals surface area contributed by atoms with Crippen LogP contribution in [0.1, 0.15) is 38.5 Å². The van der Waals surface area contributed by atoms with Gasteiger partial charge < -0.3 is 10.0 Å². The van der Waals surface area contributed by atoms with E-state index in [1.165, 1.54) is 18.5 Å². The van der Waals surface area contributed by atoms with Crippen molar-refractivity contribution in [3.05, 3.63) is 11.8 Å². The van der Waals surface area contributed by atoms with E-state index in [-0.39, 0.29) is 12.0 Å². The van der Waals surface area contributed by atoms with E-state index in [0.29, 0.717) is 25.7 Å². The molecule has 100 valence electrons. The van der Waals surface area contributed by atoms with Gasteiger partial charge in [0, 0.05) is 24.8 Å². The van der Waals surface area contributed by atoms with Gasteiger partial charge in [0.1, 0.15) is 0 Å². The van der Waals surface area contributed by atoms with Crippen LogP contribution in [-0.4, -0.2) is 52.6 Å². The number of likely N-dealkylation sites (tertiary alicyclic amines) is 1. The lowest BCUT2D eigenvalue weighted by molar-refractivity contribution is -0.133. The average Bonchev–Trinajstić information content (AvgIpc) is 3.13.